The predicted molar refractivity (Wildman–Crippen MR) is 81.5 cm³/mol. The van der Waals surface area contributed by atoms with Crippen LogP contribution in [0, 0.1) is 6.92 Å². The number of halogens is 2. The summed E-state index contributed by atoms with van der Waals surface area (Å²) >= 11 is 12.1. The van der Waals surface area contributed by atoms with Crippen molar-refractivity contribution < 1.29 is 9.15 Å². The number of benzene rings is 1. The minimum atomic E-state index is -0.398. The molecular formula is C15H17Cl2NO2. The van der Waals surface area contributed by atoms with Gasteiger partial charge in [0.05, 0.1) is 5.02 Å². The van der Waals surface area contributed by atoms with Gasteiger partial charge in [-0.25, -0.2) is 0 Å². The van der Waals surface area contributed by atoms with Crippen LogP contribution in [0.4, 0.5) is 0 Å². The SMILES string of the molecule is CCC(N)C(Oc1cccc(Cl)c1Cl)c1ccc(C)o1. The van der Waals surface area contributed by atoms with Gasteiger partial charge >= 0.3 is 0 Å². The van der Waals surface area contributed by atoms with Crippen molar-refractivity contribution in [3.8, 4) is 5.75 Å². The normalized spacial score (nSPS) is 14.1. The Bertz CT molecular complexity index is 583. The first-order chi connectivity index (χ1) is 9.52. The third-order valence-corrected chi connectivity index (χ3v) is 3.87. The van der Waals surface area contributed by atoms with Crippen molar-refractivity contribution in [3.05, 3.63) is 51.9 Å². The molecule has 1 aromatic heterocycles. The second-order valence-electron chi connectivity index (χ2n) is 4.61. The number of ether oxygens (including phenoxy) is 1. The molecule has 0 amide bonds. The number of furan rings is 1. The fraction of sp³-hybridized carbons (Fsp3) is 0.333. The number of rotatable bonds is 5. The van der Waals surface area contributed by atoms with Crippen molar-refractivity contribution in [2.45, 2.75) is 32.4 Å². The van der Waals surface area contributed by atoms with Crippen molar-refractivity contribution in [1.82, 2.24) is 0 Å². The summed E-state index contributed by atoms with van der Waals surface area (Å²) in [6, 6.07) is 8.81. The van der Waals surface area contributed by atoms with E-state index in [1.54, 1.807) is 18.2 Å². The molecule has 2 N–H and O–H groups in total. The van der Waals surface area contributed by atoms with Crippen molar-refractivity contribution in [2.75, 3.05) is 0 Å². The Kier molecular flexibility index (Phi) is 4.97. The molecule has 0 radical (unpaired) electrons. The Morgan fingerprint density at radius 3 is 2.60 bits per heavy atom. The highest BCUT2D eigenvalue weighted by Crippen LogP contribution is 2.35. The smallest absolute Gasteiger partial charge is 0.171 e. The Hall–Kier alpha value is -1.16. The molecule has 0 saturated heterocycles. The van der Waals surface area contributed by atoms with Crippen LogP contribution < -0.4 is 10.5 Å². The Labute approximate surface area is 128 Å². The van der Waals surface area contributed by atoms with Gasteiger partial charge < -0.3 is 14.9 Å². The van der Waals surface area contributed by atoms with Gasteiger partial charge in [-0.1, -0.05) is 36.2 Å². The van der Waals surface area contributed by atoms with Gasteiger partial charge in [-0.3, -0.25) is 0 Å². The molecule has 1 aromatic carbocycles. The molecule has 1 heterocycles. The van der Waals surface area contributed by atoms with Crippen molar-refractivity contribution in [2.24, 2.45) is 5.73 Å². The van der Waals surface area contributed by atoms with Gasteiger partial charge in [-0.05, 0) is 37.6 Å². The average molecular weight is 314 g/mol. The van der Waals surface area contributed by atoms with Crippen LogP contribution in [0.1, 0.15) is 31.0 Å². The summed E-state index contributed by atoms with van der Waals surface area (Å²) in [6.45, 7) is 3.88. The maximum atomic E-state index is 6.15. The van der Waals surface area contributed by atoms with E-state index >= 15 is 0 Å². The third kappa shape index (κ3) is 3.29. The van der Waals surface area contributed by atoms with E-state index in [0.717, 1.165) is 12.2 Å². The van der Waals surface area contributed by atoms with Crippen LogP contribution in [0.15, 0.2) is 34.7 Å². The first kappa shape index (κ1) is 15.2. The number of hydrogen-bond acceptors (Lipinski definition) is 3. The third-order valence-electron chi connectivity index (χ3n) is 3.07. The van der Waals surface area contributed by atoms with Gasteiger partial charge in [0.15, 0.2) is 6.10 Å². The average Bonchev–Trinajstić information content (AvgIpc) is 2.86. The highest BCUT2D eigenvalue weighted by molar-refractivity contribution is 6.42. The number of aryl methyl sites for hydroxylation is 1. The number of nitrogens with two attached hydrogens (primary N) is 1. The summed E-state index contributed by atoms with van der Waals surface area (Å²) in [5.41, 5.74) is 6.13. The Morgan fingerprint density at radius 1 is 1.25 bits per heavy atom. The van der Waals surface area contributed by atoms with E-state index in [1.165, 1.54) is 0 Å². The molecule has 0 aliphatic carbocycles. The fourth-order valence-corrected chi connectivity index (χ4v) is 2.23. The zero-order valence-electron chi connectivity index (χ0n) is 11.4. The maximum Gasteiger partial charge on any atom is 0.171 e. The molecule has 0 fully saturated rings. The molecule has 5 heteroatoms. The van der Waals surface area contributed by atoms with E-state index in [9.17, 15) is 0 Å². The lowest BCUT2D eigenvalue weighted by Crippen LogP contribution is -2.31. The lowest BCUT2D eigenvalue weighted by Gasteiger charge is -2.23. The van der Waals surface area contributed by atoms with E-state index in [4.69, 9.17) is 38.1 Å². The van der Waals surface area contributed by atoms with Gasteiger partial charge in [0, 0.05) is 6.04 Å². The Balaban J connectivity index is 2.31. The van der Waals surface area contributed by atoms with Crippen LogP contribution in [0.25, 0.3) is 0 Å². The molecule has 0 spiro atoms. The molecule has 2 atom stereocenters. The van der Waals surface area contributed by atoms with Crippen molar-refractivity contribution >= 4 is 23.2 Å². The lowest BCUT2D eigenvalue weighted by molar-refractivity contribution is 0.143. The highest BCUT2D eigenvalue weighted by atomic mass is 35.5. The molecule has 3 nitrogen and oxygen atoms in total. The zero-order chi connectivity index (χ0) is 14.7. The zero-order valence-corrected chi connectivity index (χ0v) is 12.9. The van der Waals surface area contributed by atoms with E-state index < -0.39 is 6.10 Å². The summed E-state index contributed by atoms with van der Waals surface area (Å²) in [6.07, 6.45) is 0.354. The van der Waals surface area contributed by atoms with Crippen molar-refractivity contribution in [3.63, 3.8) is 0 Å². The fourth-order valence-electron chi connectivity index (χ4n) is 1.89. The molecule has 2 unspecified atom stereocenters. The first-order valence-electron chi connectivity index (χ1n) is 6.45. The van der Waals surface area contributed by atoms with Crippen LogP contribution in [-0.2, 0) is 0 Å². The molecule has 2 rings (SSSR count). The van der Waals surface area contributed by atoms with E-state index in [0.29, 0.717) is 21.6 Å². The number of hydrogen-bond donors (Lipinski definition) is 1. The molecule has 0 saturated carbocycles. The summed E-state index contributed by atoms with van der Waals surface area (Å²) in [7, 11) is 0. The highest BCUT2D eigenvalue weighted by Gasteiger charge is 2.25. The monoisotopic (exact) mass is 313 g/mol. The summed E-state index contributed by atoms with van der Waals surface area (Å²) in [4.78, 5) is 0. The minimum Gasteiger partial charge on any atom is -0.479 e. The van der Waals surface area contributed by atoms with Crippen LogP contribution in [-0.4, -0.2) is 6.04 Å². The second-order valence-corrected chi connectivity index (χ2v) is 5.40. The molecular weight excluding hydrogens is 297 g/mol. The molecule has 20 heavy (non-hydrogen) atoms. The standard InChI is InChI=1S/C15H17Cl2NO2/c1-3-11(18)15(13-8-7-9(2)19-13)20-12-6-4-5-10(16)14(12)17/h4-8,11,15H,3,18H2,1-2H3. The van der Waals surface area contributed by atoms with Gasteiger partial charge in [-0.2, -0.15) is 0 Å². The molecule has 2 aromatic rings. The molecule has 0 aliphatic rings. The van der Waals surface area contributed by atoms with Crippen LogP contribution in [0.3, 0.4) is 0 Å². The van der Waals surface area contributed by atoms with Crippen LogP contribution in [0.5, 0.6) is 5.75 Å². The van der Waals surface area contributed by atoms with E-state index in [2.05, 4.69) is 0 Å². The van der Waals surface area contributed by atoms with Gasteiger partial charge in [0.1, 0.15) is 22.3 Å². The quantitative estimate of drug-likeness (QED) is 0.866. The Morgan fingerprint density at radius 2 is 2.00 bits per heavy atom. The topological polar surface area (TPSA) is 48.4 Å². The van der Waals surface area contributed by atoms with Crippen molar-refractivity contribution in [1.29, 1.82) is 0 Å². The van der Waals surface area contributed by atoms with Gasteiger partial charge in [-0.15, -0.1) is 0 Å². The lowest BCUT2D eigenvalue weighted by atomic mass is 10.1. The summed E-state index contributed by atoms with van der Waals surface area (Å²) in [5.74, 6) is 2.00. The maximum absolute atomic E-state index is 6.15. The van der Waals surface area contributed by atoms with Gasteiger partial charge in [0.25, 0.3) is 0 Å². The minimum absolute atomic E-state index is 0.199. The first-order valence-corrected chi connectivity index (χ1v) is 7.21. The molecule has 0 aliphatic heterocycles. The summed E-state index contributed by atoms with van der Waals surface area (Å²) in [5, 5.41) is 0.828. The molecule has 108 valence electrons. The summed E-state index contributed by atoms with van der Waals surface area (Å²) < 4.78 is 11.6. The van der Waals surface area contributed by atoms with Crippen LogP contribution >= 0.6 is 23.2 Å². The molecule has 0 bridgehead atoms. The van der Waals surface area contributed by atoms with E-state index in [1.807, 2.05) is 26.0 Å². The second kappa shape index (κ2) is 6.53. The van der Waals surface area contributed by atoms with E-state index in [-0.39, 0.29) is 6.04 Å². The van der Waals surface area contributed by atoms with Crippen LogP contribution in [0.2, 0.25) is 10.0 Å². The predicted octanol–water partition coefficient (Wildman–Crippen LogP) is 4.75. The van der Waals surface area contributed by atoms with Gasteiger partial charge in [0.2, 0.25) is 0 Å². The largest absolute Gasteiger partial charge is 0.479 e.